The summed E-state index contributed by atoms with van der Waals surface area (Å²) in [7, 11) is -1.57. The molecule has 2 aliphatic rings. The molecule has 0 spiro atoms. The van der Waals surface area contributed by atoms with Gasteiger partial charge in [-0.2, -0.15) is 0 Å². The zero-order valence-electron chi connectivity index (χ0n) is 16.4. The van der Waals surface area contributed by atoms with E-state index in [2.05, 4.69) is 11.0 Å². The van der Waals surface area contributed by atoms with Crippen molar-refractivity contribution in [3.63, 3.8) is 0 Å². The van der Waals surface area contributed by atoms with Gasteiger partial charge in [0, 0.05) is 36.8 Å². The minimum absolute atomic E-state index is 0.0394. The number of carbonyl (C=O) groups is 1. The van der Waals surface area contributed by atoms with Crippen LogP contribution in [0.3, 0.4) is 0 Å². The number of benzene rings is 1. The number of sulfone groups is 1. The van der Waals surface area contributed by atoms with Gasteiger partial charge in [0.1, 0.15) is 5.75 Å². The van der Waals surface area contributed by atoms with Gasteiger partial charge in [0.25, 0.3) is 5.91 Å². The lowest BCUT2D eigenvalue weighted by molar-refractivity contribution is 0.0367. The largest absolute Gasteiger partial charge is 0.496 e. The third-order valence-electron chi connectivity index (χ3n) is 5.52. The number of nitrogens with zero attached hydrogens (tertiary/aromatic N) is 2. The topological polar surface area (TPSA) is 66.9 Å². The van der Waals surface area contributed by atoms with Crippen molar-refractivity contribution in [3.8, 4) is 5.75 Å². The number of methoxy groups -OCH3 is 1. The Bertz CT molecular complexity index is 859. The van der Waals surface area contributed by atoms with Gasteiger partial charge in [-0.15, -0.1) is 0 Å². The summed E-state index contributed by atoms with van der Waals surface area (Å²) in [5.74, 6) is 0.714. The van der Waals surface area contributed by atoms with E-state index < -0.39 is 9.84 Å². The van der Waals surface area contributed by atoms with Crippen molar-refractivity contribution in [1.29, 1.82) is 0 Å². The fourth-order valence-electron chi connectivity index (χ4n) is 4.03. The molecule has 0 saturated carbocycles. The highest BCUT2D eigenvalue weighted by molar-refractivity contribution is 7.91. The maximum Gasteiger partial charge on any atom is 0.254 e. The molecule has 0 radical (unpaired) electrons. The molecule has 27 heavy (non-hydrogen) atoms. The highest BCUT2D eigenvalue weighted by Crippen LogP contribution is 2.30. The maximum atomic E-state index is 13.3. The summed E-state index contributed by atoms with van der Waals surface area (Å²) in [6.07, 6.45) is 2.12. The highest BCUT2D eigenvalue weighted by Gasteiger charge is 2.48. The van der Waals surface area contributed by atoms with Crippen molar-refractivity contribution in [2.45, 2.75) is 32.9 Å². The minimum atomic E-state index is -3.15. The lowest BCUT2D eigenvalue weighted by atomic mass is 10.0. The normalized spacial score (nSPS) is 24.4. The van der Waals surface area contributed by atoms with Gasteiger partial charge in [-0.05, 0) is 32.9 Å². The smallest absolute Gasteiger partial charge is 0.254 e. The average Bonchev–Trinajstić information content (AvgIpc) is 2.94. The lowest BCUT2D eigenvalue weighted by Gasteiger charge is -2.43. The molecule has 1 amide bonds. The first-order valence-corrected chi connectivity index (χ1v) is 11.1. The van der Waals surface area contributed by atoms with Gasteiger partial charge in [0.05, 0.1) is 24.7 Å². The van der Waals surface area contributed by atoms with Crippen molar-refractivity contribution in [1.82, 2.24) is 9.80 Å². The van der Waals surface area contributed by atoms with Crippen molar-refractivity contribution in [2.24, 2.45) is 0 Å². The summed E-state index contributed by atoms with van der Waals surface area (Å²) in [6, 6.07) is 4.97. The number of ether oxygens (including phenoxy) is 1. The molecule has 0 unspecified atom stereocenters. The second-order valence-corrected chi connectivity index (χ2v) is 9.77. The Labute approximate surface area is 161 Å². The van der Waals surface area contributed by atoms with Crippen LogP contribution in [0.2, 0.25) is 0 Å². The molecule has 6 nitrogen and oxygen atoms in total. The van der Waals surface area contributed by atoms with E-state index in [0.717, 1.165) is 12.1 Å². The van der Waals surface area contributed by atoms with Crippen LogP contribution in [0.4, 0.5) is 0 Å². The highest BCUT2D eigenvalue weighted by atomic mass is 32.2. The molecular weight excluding hydrogens is 364 g/mol. The third kappa shape index (κ3) is 4.04. The van der Waals surface area contributed by atoms with Gasteiger partial charge in [-0.3, -0.25) is 9.69 Å². The summed E-state index contributed by atoms with van der Waals surface area (Å²) in [6.45, 7) is 7.86. The SMILES string of the molecule is COc1cccc(C(=O)N2CCN(CC=C(C)C)[C@H]3CS(=O)(=O)C[C@H]32)c1C. The van der Waals surface area contributed by atoms with Crippen molar-refractivity contribution in [2.75, 3.05) is 38.2 Å². The first-order chi connectivity index (χ1) is 12.7. The number of rotatable bonds is 4. The second kappa shape index (κ2) is 7.64. The Kier molecular flexibility index (Phi) is 5.63. The van der Waals surface area contributed by atoms with Crippen molar-refractivity contribution < 1.29 is 17.9 Å². The molecule has 2 saturated heterocycles. The van der Waals surface area contributed by atoms with Crippen LogP contribution in [0.1, 0.15) is 29.8 Å². The number of hydrogen-bond acceptors (Lipinski definition) is 5. The van der Waals surface area contributed by atoms with Crippen molar-refractivity contribution >= 4 is 15.7 Å². The van der Waals surface area contributed by atoms with E-state index in [1.165, 1.54) is 5.57 Å². The quantitative estimate of drug-likeness (QED) is 0.732. The number of fused-ring (bicyclic) bond motifs is 1. The molecule has 1 aromatic carbocycles. The van der Waals surface area contributed by atoms with E-state index in [9.17, 15) is 13.2 Å². The molecule has 1 aromatic rings. The van der Waals surface area contributed by atoms with E-state index >= 15 is 0 Å². The molecule has 7 heteroatoms. The van der Waals surface area contributed by atoms with Crippen LogP contribution >= 0.6 is 0 Å². The fourth-order valence-corrected chi connectivity index (χ4v) is 6.04. The number of allylic oxidation sites excluding steroid dienone is 1. The first-order valence-electron chi connectivity index (χ1n) is 9.26. The summed E-state index contributed by atoms with van der Waals surface area (Å²) >= 11 is 0. The van der Waals surface area contributed by atoms with E-state index in [4.69, 9.17) is 4.74 Å². The van der Waals surface area contributed by atoms with Gasteiger partial charge < -0.3 is 9.64 Å². The number of hydrogen-bond donors (Lipinski definition) is 0. The van der Waals surface area contributed by atoms with Crippen LogP contribution in [0.25, 0.3) is 0 Å². The Balaban J connectivity index is 1.89. The average molecular weight is 393 g/mol. The molecule has 2 atom stereocenters. The Hall–Kier alpha value is -1.86. The van der Waals surface area contributed by atoms with E-state index in [0.29, 0.717) is 24.4 Å². The number of amides is 1. The van der Waals surface area contributed by atoms with Crippen LogP contribution in [-0.4, -0.2) is 74.5 Å². The molecule has 0 aromatic heterocycles. The number of carbonyl (C=O) groups excluding carboxylic acids is 1. The van der Waals surface area contributed by atoms with Gasteiger partial charge in [-0.1, -0.05) is 17.7 Å². The van der Waals surface area contributed by atoms with E-state index in [1.54, 1.807) is 24.1 Å². The summed E-state index contributed by atoms with van der Waals surface area (Å²) < 4.78 is 30.0. The molecule has 0 N–H and O–H groups in total. The zero-order valence-corrected chi connectivity index (χ0v) is 17.3. The van der Waals surface area contributed by atoms with E-state index in [1.807, 2.05) is 26.8 Å². The monoisotopic (exact) mass is 392 g/mol. The van der Waals surface area contributed by atoms with Crippen LogP contribution in [0, 0.1) is 6.92 Å². The minimum Gasteiger partial charge on any atom is -0.496 e. The molecule has 0 aliphatic carbocycles. The van der Waals surface area contributed by atoms with Crippen LogP contribution < -0.4 is 4.74 Å². The summed E-state index contributed by atoms with van der Waals surface area (Å²) in [5.41, 5.74) is 2.57. The number of piperazine rings is 1. The first kappa shape index (κ1) is 19.9. The molecule has 2 fully saturated rings. The van der Waals surface area contributed by atoms with Gasteiger partial charge >= 0.3 is 0 Å². The lowest BCUT2D eigenvalue weighted by Crippen LogP contribution is -2.60. The predicted molar refractivity (Wildman–Crippen MR) is 106 cm³/mol. The second-order valence-electron chi connectivity index (χ2n) is 7.62. The summed E-state index contributed by atoms with van der Waals surface area (Å²) in [5, 5.41) is 0. The van der Waals surface area contributed by atoms with Crippen molar-refractivity contribution in [3.05, 3.63) is 41.0 Å². The van der Waals surface area contributed by atoms with Gasteiger partial charge in [0.2, 0.25) is 0 Å². The Morgan fingerprint density at radius 1 is 1.22 bits per heavy atom. The molecule has 148 valence electrons. The summed E-state index contributed by atoms with van der Waals surface area (Å²) in [4.78, 5) is 17.2. The fraction of sp³-hybridized carbons (Fsp3) is 0.550. The third-order valence-corrected chi connectivity index (χ3v) is 7.22. The molecular formula is C20H28N2O4S. The standard InChI is InChI=1S/C20H28N2O4S/c1-14(2)8-9-21-10-11-22(18-13-27(24,25)12-17(18)21)20(23)16-6-5-7-19(26-4)15(16)3/h5-8,17-18H,9-13H2,1-4H3/t17-,18+/m0/s1. The molecule has 3 rings (SSSR count). The molecule has 0 bridgehead atoms. The van der Waals surface area contributed by atoms with E-state index in [-0.39, 0.29) is 29.5 Å². The van der Waals surface area contributed by atoms with Crippen LogP contribution in [-0.2, 0) is 9.84 Å². The predicted octanol–water partition coefficient (Wildman–Crippen LogP) is 1.89. The van der Waals surface area contributed by atoms with Gasteiger partial charge in [-0.25, -0.2) is 8.42 Å². The van der Waals surface area contributed by atoms with Gasteiger partial charge in [0.15, 0.2) is 9.84 Å². The molecule has 2 aliphatic heterocycles. The van der Waals surface area contributed by atoms with Crippen LogP contribution in [0.15, 0.2) is 29.8 Å². The Morgan fingerprint density at radius 2 is 1.93 bits per heavy atom. The maximum absolute atomic E-state index is 13.3. The Morgan fingerprint density at radius 3 is 2.59 bits per heavy atom. The van der Waals surface area contributed by atoms with Crippen LogP contribution in [0.5, 0.6) is 5.75 Å². The zero-order chi connectivity index (χ0) is 19.8. The molecule has 2 heterocycles.